The van der Waals surface area contributed by atoms with Crippen LogP contribution < -0.4 is 0 Å². The van der Waals surface area contributed by atoms with Gasteiger partial charge >= 0.3 is 11.9 Å². The number of carbonyl (C=O) groups is 3. The zero-order chi connectivity index (χ0) is 13.9. The average Bonchev–Trinajstić information content (AvgIpc) is 2.20. The predicted molar refractivity (Wildman–Crippen MR) is 60.4 cm³/mol. The maximum Gasteiger partial charge on any atom is 0.373 e. The van der Waals surface area contributed by atoms with E-state index in [1.807, 2.05) is 0 Å². The second-order valence-electron chi connectivity index (χ2n) is 4.44. The largest absolute Gasteiger partial charge is 0.482 e. The Bertz CT molecular complexity index is 409. The molecule has 0 radical (unpaired) electrons. The first-order valence-electron chi connectivity index (χ1n) is 5.54. The summed E-state index contributed by atoms with van der Waals surface area (Å²) in [4.78, 5) is 34.2. The molecular formula is C12H16O6. The third kappa shape index (κ3) is 3.32. The van der Waals surface area contributed by atoms with E-state index in [1.165, 1.54) is 13.8 Å². The van der Waals surface area contributed by atoms with Crippen LogP contribution in [0.25, 0.3) is 0 Å². The van der Waals surface area contributed by atoms with E-state index >= 15 is 0 Å². The lowest BCUT2D eigenvalue weighted by atomic mass is 9.99. The van der Waals surface area contributed by atoms with Crippen molar-refractivity contribution in [2.45, 2.75) is 39.4 Å². The Morgan fingerprint density at radius 3 is 2.50 bits per heavy atom. The number of hydrogen-bond acceptors (Lipinski definition) is 6. The maximum absolute atomic E-state index is 11.8. The molecule has 0 fully saturated rings. The lowest BCUT2D eigenvalue weighted by molar-refractivity contribution is -0.170. The highest BCUT2D eigenvalue weighted by atomic mass is 16.6. The van der Waals surface area contributed by atoms with E-state index in [0.29, 0.717) is 0 Å². The van der Waals surface area contributed by atoms with Crippen molar-refractivity contribution in [3.8, 4) is 0 Å². The fraction of sp³-hybridized carbons (Fsp3) is 0.583. The summed E-state index contributed by atoms with van der Waals surface area (Å²) in [5.41, 5.74) is -1.38. The fourth-order valence-corrected chi connectivity index (χ4v) is 1.39. The second kappa shape index (κ2) is 5.20. The van der Waals surface area contributed by atoms with E-state index in [4.69, 9.17) is 14.2 Å². The van der Waals surface area contributed by atoms with Gasteiger partial charge in [0.1, 0.15) is 6.61 Å². The van der Waals surface area contributed by atoms with Crippen LogP contribution in [0.4, 0.5) is 0 Å². The molecule has 1 atom stereocenters. The molecule has 0 N–H and O–H groups in total. The molecule has 0 aromatic carbocycles. The quantitative estimate of drug-likeness (QED) is 0.693. The lowest BCUT2D eigenvalue weighted by Gasteiger charge is -2.30. The standard InChI is InChI=1S/C12H16O6/c1-7(2)17-11(15)9-5-10(14)12(4,6-16-9)18-8(3)13/h5,7H,6H2,1-4H3/t12-/m1/s1. The molecule has 0 aliphatic carbocycles. The van der Waals surface area contributed by atoms with Gasteiger partial charge in [-0.2, -0.15) is 0 Å². The molecular weight excluding hydrogens is 240 g/mol. The molecule has 100 valence electrons. The number of esters is 2. The number of rotatable bonds is 3. The molecule has 6 nitrogen and oxygen atoms in total. The normalized spacial score (nSPS) is 23.2. The van der Waals surface area contributed by atoms with Crippen molar-refractivity contribution in [2.24, 2.45) is 0 Å². The maximum atomic E-state index is 11.8. The molecule has 0 aromatic heterocycles. The van der Waals surface area contributed by atoms with Crippen LogP contribution in [-0.4, -0.2) is 36.0 Å². The third-order valence-corrected chi connectivity index (χ3v) is 2.20. The van der Waals surface area contributed by atoms with Crippen molar-refractivity contribution in [3.63, 3.8) is 0 Å². The van der Waals surface area contributed by atoms with E-state index < -0.39 is 23.3 Å². The van der Waals surface area contributed by atoms with Crippen molar-refractivity contribution in [1.82, 2.24) is 0 Å². The van der Waals surface area contributed by atoms with Crippen LogP contribution in [0.1, 0.15) is 27.7 Å². The highest BCUT2D eigenvalue weighted by molar-refractivity contribution is 6.04. The van der Waals surface area contributed by atoms with Crippen molar-refractivity contribution in [1.29, 1.82) is 0 Å². The number of ether oxygens (including phenoxy) is 3. The summed E-state index contributed by atoms with van der Waals surface area (Å²) in [7, 11) is 0. The van der Waals surface area contributed by atoms with E-state index in [0.717, 1.165) is 6.08 Å². The molecule has 0 amide bonds. The zero-order valence-corrected chi connectivity index (χ0v) is 10.8. The molecule has 0 spiro atoms. The van der Waals surface area contributed by atoms with Crippen LogP contribution >= 0.6 is 0 Å². The molecule has 1 heterocycles. The third-order valence-electron chi connectivity index (χ3n) is 2.20. The van der Waals surface area contributed by atoms with E-state index in [-0.39, 0.29) is 18.5 Å². The van der Waals surface area contributed by atoms with Crippen molar-refractivity contribution in [2.75, 3.05) is 6.61 Å². The Labute approximate surface area is 105 Å². The van der Waals surface area contributed by atoms with Gasteiger partial charge in [-0.3, -0.25) is 9.59 Å². The fourth-order valence-electron chi connectivity index (χ4n) is 1.39. The Balaban J connectivity index is 2.80. The van der Waals surface area contributed by atoms with Gasteiger partial charge in [0.2, 0.25) is 17.1 Å². The molecule has 0 saturated carbocycles. The van der Waals surface area contributed by atoms with Crippen LogP contribution in [0.15, 0.2) is 11.8 Å². The SMILES string of the molecule is CC(=O)O[C@]1(C)COC(C(=O)OC(C)C)=CC1=O. The molecule has 0 bridgehead atoms. The minimum atomic E-state index is -1.38. The minimum Gasteiger partial charge on any atom is -0.482 e. The molecule has 1 rings (SSSR count). The molecule has 18 heavy (non-hydrogen) atoms. The van der Waals surface area contributed by atoms with Gasteiger partial charge in [-0.05, 0) is 20.8 Å². The summed E-state index contributed by atoms with van der Waals surface area (Å²) in [6, 6.07) is 0. The summed E-state index contributed by atoms with van der Waals surface area (Å²) in [6.45, 7) is 5.80. The van der Waals surface area contributed by atoms with Crippen LogP contribution in [-0.2, 0) is 28.6 Å². The minimum absolute atomic E-state index is 0.168. The van der Waals surface area contributed by atoms with Crippen molar-refractivity contribution >= 4 is 17.7 Å². The Kier molecular flexibility index (Phi) is 4.11. The highest BCUT2D eigenvalue weighted by Gasteiger charge is 2.41. The van der Waals surface area contributed by atoms with Crippen molar-refractivity contribution in [3.05, 3.63) is 11.8 Å². The molecule has 0 saturated heterocycles. The summed E-state index contributed by atoms with van der Waals surface area (Å²) in [5, 5.41) is 0. The van der Waals surface area contributed by atoms with Gasteiger partial charge in [0.25, 0.3) is 0 Å². The molecule has 0 aromatic rings. The Morgan fingerprint density at radius 2 is 2.06 bits per heavy atom. The van der Waals surface area contributed by atoms with Gasteiger partial charge in [0, 0.05) is 13.0 Å². The topological polar surface area (TPSA) is 78.9 Å². The number of carbonyl (C=O) groups excluding carboxylic acids is 3. The van der Waals surface area contributed by atoms with Gasteiger partial charge in [0.15, 0.2) is 0 Å². The van der Waals surface area contributed by atoms with Gasteiger partial charge in [-0.1, -0.05) is 0 Å². The van der Waals surface area contributed by atoms with E-state index in [9.17, 15) is 14.4 Å². The summed E-state index contributed by atoms with van der Waals surface area (Å²) < 4.78 is 14.9. The Hall–Kier alpha value is -1.85. The predicted octanol–water partition coefficient (Wildman–Crippen LogP) is 0.743. The summed E-state index contributed by atoms with van der Waals surface area (Å²) >= 11 is 0. The second-order valence-corrected chi connectivity index (χ2v) is 4.44. The molecule has 1 aliphatic heterocycles. The van der Waals surface area contributed by atoms with Crippen LogP contribution in [0.2, 0.25) is 0 Å². The Morgan fingerprint density at radius 1 is 1.44 bits per heavy atom. The summed E-state index contributed by atoms with van der Waals surface area (Å²) in [5.74, 6) is -1.96. The average molecular weight is 256 g/mol. The van der Waals surface area contributed by atoms with E-state index in [2.05, 4.69) is 0 Å². The first kappa shape index (κ1) is 14.2. The van der Waals surface area contributed by atoms with Crippen LogP contribution in [0.5, 0.6) is 0 Å². The van der Waals surface area contributed by atoms with Crippen LogP contribution in [0.3, 0.4) is 0 Å². The van der Waals surface area contributed by atoms with Gasteiger partial charge < -0.3 is 14.2 Å². The van der Waals surface area contributed by atoms with Gasteiger partial charge in [-0.25, -0.2) is 4.79 Å². The number of hydrogen-bond donors (Lipinski definition) is 0. The zero-order valence-electron chi connectivity index (χ0n) is 10.8. The van der Waals surface area contributed by atoms with Gasteiger partial charge in [-0.15, -0.1) is 0 Å². The molecule has 6 heteroatoms. The smallest absolute Gasteiger partial charge is 0.373 e. The monoisotopic (exact) mass is 256 g/mol. The first-order valence-corrected chi connectivity index (χ1v) is 5.54. The molecule has 1 aliphatic rings. The van der Waals surface area contributed by atoms with Crippen LogP contribution in [0, 0.1) is 0 Å². The first-order chi connectivity index (χ1) is 8.24. The molecule has 0 unspecified atom stereocenters. The number of ketones is 1. The van der Waals surface area contributed by atoms with E-state index in [1.54, 1.807) is 13.8 Å². The summed E-state index contributed by atoms with van der Waals surface area (Å²) in [6.07, 6.45) is 0.691. The lowest BCUT2D eigenvalue weighted by Crippen LogP contribution is -2.46. The van der Waals surface area contributed by atoms with Crippen molar-refractivity contribution < 1.29 is 28.6 Å². The highest BCUT2D eigenvalue weighted by Crippen LogP contribution is 2.22. The van der Waals surface area contributed by atoms with Gasteiger partial charge in [0.05, 0.1) is 6.10 Å².